The first kappa shape index (κ1) is 30.7. The molecule has 2 aromatic heterocycles. The minimum Gasteiger partial charge on any atom is -0.349 e. The highest BCUT2D eigenvalue weighted by atomic mass is 32.1. The Bertz CT molecular complexity index is 1340. The fourth-order valence-electron chi connectivity index (χ4n) is 6.90. The van der Waals surface area contributed by atoms with Crippen molar-refractivity contribution in [2.45, 2.75) is 110 Å². The van der Waals surface area contributed by atoms with Crippen molar-refractivity contribution in [3.8, 4) is 11.4 Å². The third-order valence-corrected chi connectivity index (χ3v) is 10.9. The van der Waals surface area contributed by atoms with Gasteiger partial charge in [-0.2, -0.15) is 0 Å². The Hall–Kier alpha value is -2.79. The maximum atomic E-state index is 12.8. The van der Waals surface area contributed by atoms with Crippen LogP contribution in [-0.2, 0) is 11.8 Å². The third-order valence-electron chi connectivity index (χ3n) is 9.43. The molecule has 2 aliphatic rings. The summed E-state index contributed by atoms with van der Waals surface area (Å²) < 4.78 is 0. The zero-order valence-electron chi connectivity index (χ0n) is 26.3. The smallest absolute Gasteiger partial charge is 0.261 e. The van der Waals surface area contributed by atoms with E-state index in [0.29, 0.717) is 0 Å². The van der Waals surface area contributed by atoms with Gasteiger partial charge in [-0.1, -0.05) is 83.7 Å². The zero-order valence-corrected chi connectivity index (χ0v) is 27.1. The van der Waals surface area contributed by atoms with Crippen molar-refractivity contribution in [1.29, 1.82) is 0 Å². The SMILES string of the molecule is CCCC1CCC(C2CC=C(c3cnc(-c4ccc(C[C@@H](C)NC(=O)c5ccc(C(C)(C)C)s5)cc4)nc3)CC2)CC1. The second-order valence-corrected chi connectivity index (χ2v) is 14.9. The number of nitrogens with one attached hydrogen (secondary N) is 1. The van der Waals surface area contributed by atoms with E-state index in [1.54, 1.807) is 11.3 Å². The number of carbonyl (C=O) groups excluding carboxylic acids is 1. The van der Waals surface area contributed by atoms with Crippen LogP contribution in [0.5, 0.6) is 0 Å². The molecule has 2 heterocycles. The van der Waals surface area contributed by atoms with Crippen LogP contribution in [0.15, 0.2) is 54.9 Å². The molecular weight excluding hydrogens is 534 g/mol. The van der Waals surface area contributed by atoms with Crippen LogP contribution in [-0.4, -0.2) is 21.9 Å². The van der Waals surface area contributed by atoms with Crippen LogP contribution < -0.4 is 5.32 Å². The fourth-order valence-corrected chi connectivity index (χ4v) is 7.86. The highest BCUT2D eigenvalue weighted by molar-refractivity contribution is 7.14. The van der Waals surface area contributed by atoms with E-state index in [9.17, 15) is 4.79 Å². The molecule has 42 heavy (non-hydrogen) atoms. The van der Waals surface area contributed by atoms with E-state index in [-0.39, 0.29) is 17.4 Å². The monoisotopic (exact) mass is 583 g/mol. The molecule has 0 bridgehead atoms. The predicted octanol–water partition coefficient (Wildman–Crippen LogP) is 9.65. The Morgan fingerprint density at radius 3 is 2.26 bits per heavy atom. The highest BCUT2D eigenvalue weighted by Crippen LogP contribution is 2.42. The van der Waals surface area contributed by atoms with Crippen LogP contribution in [0.3, 0.4) is 0 Å². The molecule has 3 aromatic rings. The lowest BCUT2D eigenvalue weighted by molar-refractivity contribution is 0.0944. The first-order valence-electron chi connectivity index (χ1n) is 16.2. The van der Waals surface area contributed by atoms with Gasteiger partial charge in [0.25, 0.3) is 5.91 Å². The fraction of sp³-hybridized carbons (Fsp3) is 0.541. The van der Waals surface area contributed by atoms with Gasteiger partial charge in [-0.15, -0.1) is 11.3 Å². The van der Waals surface area contributed by atoms with E-state index < -0.39 is 0 Å². The van der Waals surface area contributed by atoms with E-state index in [1.807, 2.05) is 18.5 Å². The Balaban J connectivity index is 1.11. The lowest BCUT2D eigenvalue weighted by Gasteiger charge is -2.35. The number of nitrogens with zero attached hydrogens (tertiary/aromatic N) is 2. The molecule has 224 valence electrons. The molecule has 5 heteroatoms. The number of carbonyl (C=O) groups is 1. The minimum atomic E-state index is 0.00578. The summed E-state index contributed by atoms with van der Waals surface area (Å²) >= 11 is 1.58. The average molecular weight is 584 g/mol. The molecule has 1 N–H and O–H groups in total. The second-order valence-electron chi connectivity index (χ2n) is 13.8. The highest BCUT2D eigenvalue weighted by Gasteiger charge is 2.28. The molecule has 1 amide bonds. The Morgan fingerprint density at radius 1 is 0.952 bits per heavy atom. The van der Waals surface area contributed by atoms with Gasteiger partial charge >= 0.3 is 0 Å². The standard InChI is InChI=1S/C37H49N3OS/c1-6-7-26-8-12-28(13-9-26)29-16-18-30(19-17-29)32-23-38-35(39-24-32)31-14-10-27(11-15-31)22-25(2)40-36(41)33-20-21-34(42-33)37(3,4)5/h10-11,14-15,18,20-21,23-26,28-29H,6-9,12-13,16-17,19,22H2,1-5H3,(H,40,41)/t25-,26?,28?,29?/m1/s1. The molecular formula is C37H49N3OS. The molecule has 0 spiro atoms. The average Bonchev–Trinajstić information content (AvgIpc) is 3.50. The van der Waals surface area contributed by atoms with Crippen LogP contribution >= 0.6 is 11.3 Å². The van der Waals surface area contributed by atoms with Gasteiger partial charge in [-0.05, 0) is 91.9 Å². The van der Waals surface area contributed by atoms with Crippen molar-refractivity contribution in [3.63, 3.8) is 0 Å². The molecule has 0 saturated heterocycles. The maximum absolute atomic E-state index is 12.8. The molecule has 1 aromatic carbocycles. The van der Waals surface area contributed by atoms with Crippen molar-refractivity contribution in [3.05, 3.63) is 75.7 Å². The van der Waals surface area contributed by atoms with Gasteiger partial charge in [-0.25, -0.2) is 9.97 Å². The number of hydrogen-bond acceptors (Lipinski definition) is 4. The molecule has 2 aliphatic carbocycles. The zero-order chi connectivity index (χ0) is 29.7. The normalized spacial score (nSPS) is 21.9. The summed E-state index contributed by atoms with van der Waals surface area (Å²) in [5, 5.41) is 3.16. The van der Waals surface area contributed by atoms with Gasteiger partial charge in [0.05, 0.1) is 4.88 Å². The number of allylic oxidation sites excluding steroid dienone is 2. The number of aromatic nitrogens is 2. The molecule has 5 rings (SSSR count). The number of rotatable bonds is 9. The summed E-state index contributed by atoms with van der Waals surface area (Å²) in [7, 11) is 0. The van der Waals surface area contributed by atoms with Crippen molar-refractivity contribution >= 4 is 22.8 Å². The molecule has 2 atom stereocenters. The number of benzene rings is 1. The summed E-state index contributed by atoms with van der Waals surface area (Å²) in [5.41, 5.74) is 4.85. The van der Waals surface area contributed by atoms with Gasteiger partial charge in [-0.3, -0.25) is 4.79 Å². The van der Waals surface area contributed by atoms with Gasteiger partial charge < -0.3 is 5.32 Å². The van der Waals surface area contributed by atoms with Gasteiger partial charge in [0.15, 0.2) is 5.82 Å². The van der Waals surface area contributed by atoms with E-state index in [4.69, 9.17) is 9.97 Å². The lowest BCUT2D eigenvalue weighted by atomic mass is 9.70. The van der Waals surface area contributed by atoms with E-state index >= 15 is 0 Å². The molecule has 4 nitrogen and oxygen atoms in total. The maximum Gasteiger partial charge on any atom is 0.261 e. The molecule has 1 unspecified atom stereocenters. The minimum absolute atomic E-state index is 0.00578. The second kappa shape index (κ2) is 13.7. The third kappa shape index (κ3) is 7.78. The van der Waals surface area contributed by atoms with Crippen molar-refractivity contribution in [2.75, 3.05) is 0 Å². The summed E-state index contributed by atoms with van der Waals surface area (Å²) in [6, 6.07) is 12.5. The van der Waals surface area contributed by atoms with Gasteiger partial charge in [0.1, 0.15) is 0 Å². The first-order chi connectivity index (χ1) is 20.2. The summed E-state index contributed by atoms with van der Waals surface area (Å²) in [6.07, 6.45) is 19.5. The predicted molar refractivity (Wildman–Crippen MR) is 177 cm³/mol. The van der Waals surface area contributed by atoms with E-state index in [1.165, 1.54) is 72.9 Å². The molecule has 0 radical (unpaired) electrons. The van der Waals surface area contributed by atoms with Crippen molar-refractivity contribution in [2.24, 2.45) is 17.8 Å². The quantitative estimate of drug-likeness (QED) is 0.273. The Labute approximate surface area is 257 Å². The Morgan fingerprint density at radius 2 is 1.67 bits per heavy atom. The van der Waals surface area contributed by atoms with Crippen LogP contribution in [0.1, 0.15) is 118 Å². The first-order valence-corrected chi connectivity index (χ1v) is 17.0. The van der Waals surface area contributed by atoms with Crippen molar-refractivity contribution in [1.82, 2.24) is 15.3 Å². The largest absolute Gasteiger partial charge is 0.349 e. The van der Waals surface area contributed by atoms with Gasteiger partial charge in [0, 0.05) is 34.4 Å². The van der Waals surface area contributed by atoms with Crippen LogP contribution in [0.4, 0.5) is 0 Å². The summed E-state index contributed by atoms with van der Waals surface area (Å²) in [6.45, 7) is 10.9. The number of thiophene rings is 1. The number of hydrogen-bond donors (Lipinski definition) is 1. The van der Waals surface area contributed by atoms with E-state index in [0.717, 1.165) is 46.9 Å². The molecule has 1 saturated carbocycles. The molecule has 0 aliphatic heterocycles. The Kier molecular flexibility index (Phi) is 9.98. The summed E-state index contributed by atoms with van der Waals surface area (Å²) in [5.74, 6) is 3.55. The lowest BCUT2D eigenvalue weighted by Crippen LogP contribution is -2.33. The topological polar surface area (TPSA) is 54.9 Å². The van der Waals surface area contributed by atoms with Crippen LogP contribution in [0.25, 0.3) is 17.0 Å². The number of amides is 1. The van der Waals surface area contributed by atoms with Crippen LogP contribution in [0.2, 0.25) is 0 Å². The summed E-state index contributed by atoms with van der Waals surface area (Å²) in [4.78, 5) is 24.2. The molecule has 1 fully saturated rings. The van der Waals surface area contributed by atoms with E-state index in [2.05, 4.69) is 76.3 Å². The van der Waals surface area contributed by atoms with Crippen LogP contribution in [0, 0.1) is 17.8 Å². The van der Waals surface area contributed by atoms with Crippen molar-refractivity contribution < 1.29 is 4.79 Å². The van der Waals surface area contributed by atoms with Gasteiger partial charge in [0.2, 0.25) is 0 Å².